The molecule has 0 bridgehead atoms. The predicted octanol–water partition coefficient (Wildman–Crippen LogP) is 3.55. The van der Waals surface area contributed by atoms with Crippen LogP contribution in [0.15, 0.2) is 33.7 Å². The third-order valence-electron chi connectivity index (χ3n) is 3.69. The van der Waals surface area contributed by atoms with E-state index in [1.54, 1.807) is 6.07 Å². The van der Waals surface area contributed by atoms with Crippen molar-refractivity contribution in [3.05, 3.63) is 51.5 Å². The highest BCUT2D eigenvalue weighted by Gasteiger charge is 2.03. The monoisotopic (exact) mass is 409 g/mol. The van der Waals surface area contributed by atoms with Crippen LogP contribution in [0, 0.1) is 19.7 Å². The highest BCUT2D eigenvalue weighted by Crippen LogP contribution is 2.16. The van der Waals surface area contributed by atoms with Crippen molar-refractivity contribution in [2.75, 3.05) is 13.1 Å². The summed E-state index contributed by atoms with van der Waals surface area (Å²) in [4.78, 5) is 4.51. The smallest absolute Gasteiger partial charge is 0.191 e. The van der Waals surface area contributed by atoms with Crippen molar-refractivity contribution in [2.45, 2.75) is 40.3 Å². The minimum absolute atomic E-state index is 0.268. The summed E-state index contributed by atoms with van der Waals surface area (Å²) in [5.41, 5.74) is 3.05. The molecule has 0 spiro atoms. The van der Waals surface area contributed by atoms with Crippen molar-refractivity contribution in [1.29, 1.82) is 0 Å². The van der Waals surface area contributed by atoms with E-state index in [0.29, 0.717) is 11.0 Å². The van der Waals surface area contributed by atoms with Gasteiger partial charge in [0.1, 0.15) is 5.82 Å². The fraction of sp³-hybridized carbons (Fsp3) is 0.444. The SMILES string of the molecule is CCNC(=NCc1ccc(Br)c(F)c1)NCCCn1nc(C)cc1C. The van der Waals surface area contributed by atoms with E-state index < -0.39 is 0 Å². The van der Waals surface area contributed by atoms with E-state index in [-0.39, 0.29) is 5.82 Å². The molecule has 0 saturated carbocycles. The molecular weight excluding hydrogens is 385 g/mol. The zero-order valence-electron chi connectivity index (χ0n) is 14.9. The van der Waals surface area contributed by atoms with Crippen LogP contribution in [-0.4, -0.2) is 28.8 Å². The summed E-state index contributed by atoms with van der Waals surface area (Å²) in [5, 5.41) is 11.0. The molecule has 5 nitrogen and oxygen atoms in total. The summed E-state index contributed by atoms with van der Waals surface area (Å²) in [6, 6.07) is 7.15. The molecule has 7 heteroatoms. The molecule has 2 rings (SSSR count). The minimum Gasteiger partial charge on any atom is -0.357 e. The summed E-state index contributed by atoms with van der Waals surface area (Å²) < 4.78 is 16.0. The Morgan fingerprint density at radius 1 is 1.28 bits per heavy atom. The van der Waals surface area contributed by atoms with E-state index in [9.17, 15) is 4.39 Å². The number of halogens is 2. The molecule has 0 aliphatic carbocycles. The van der Waals surface area contributed by atoms with Gasteiger partial charge in [0.05, 0.1) is 16.7 Å². The minimum atomic E-state index is -0.268. The largest absolute Gasteiger partial charge is 0.357 e. The van der Waals surface area contributed by atoms with Gasteiger partial charge in [-0.05, 0) is 66.9 Å². The third-order valence-corrected chi connectivity index (χ3v) is 4.33. The van der Waals surface area contributed by atoms with Crippen molar-refractivity contribution in [2.24, 2.45) is 4.99 Å². The normalized spacial score (nSPS) is 11.6. The number of benzene rings is 1. The second kappa shape index (κ2) is 9.56. The van der Waals surface area contributed by atoms with E-state index in [2.05, 4.69) is 49.6 Å². The molecule has 0 atom stereocenters. The van der Waals surface area contributed by atoms with Gasteiger partial charge in [-0.2, -0.15) is 5.10 Å². The summed E-state index contributed by atoms with van der Waals surface area (Å²) >= 11 is 3.16. The van der Waals surface area contributed by atoms with Crippen LogP contribution in [0.1, 0.15) is 30.3 Å². The van der Waals surface area contributed by atoms with Crippen LogP contribution in [0.4, 0.5) is 4.39 Å². The zero-order chi connectivity index (χ0) is 18.2. The number of guanidine groups is 1. The molecule has 0 saturated heterocycles. The van der Waals surface area contributed by atoms with Gasteiger partial charge >= 0.3 is 0 Å². The van der Waals surface area contributed by atoms with E-state index >= 15 is 0 Å². The summed E-state index contributed by atoms with van der Waals surface area (Å²) in [7, 11) is 0. The quantitative estimate of drug-likeness (QED) is 0.417. The van der Waals surface area contributed by atoms with Crippen LogP contribution < -0.4 is 10.6 Å². The molecule has 1 aromatic heterocycles. The van der Waals surface area contributed by atoms with Crippen LogP contribution in [0.25, 0.3) is 0 Å². The van der Waals surface area contributed by atoms with Crippen LogP contribution >= 0.6 is 15.9 Å². The first-order chi connectivity index (χ1) is 12.0. The van der Waals surface area contributed by atoms with Gasteiger partial charge in [-0.1, -0.05) is 6.07 Å². The van der Waals surface area contributed by atoms with Gasteiger partial charge in [0, 0.05) is 25.3 Å². The first-order valence-electron chi connectivity index (χ1n) is 8.46. The number of nitrogens with one attached hydrogen (secondary N) is 2. The summed E-state index contributed by atoms with van der Waals surface area (Å²) in [5.74, 6) is 0.467. The first-order valence-corrected chi connectivity index (χ1v) is 9.26. The van der Waals surface area contributed by atoms with Crippen LogP contribution in [0.5, 0.6) is 0 Å². The Hall–Kier alpha value is -1.89. The average Bonchev–Trinajstić information content (AvgIpc) is 2.89. The number of aromatic nitrogens is 2. The Morgan fingerprint density at radius 2 is 2.08 bits per heavy atom. The van der Waals surface area contributed by atoms with E-state index in [4.69, 9.17) is 0 Å². The summed E-state index contributed by atoms with van der Waals surface area (Å²) in [6.07, 6.45) is 0.944. The molecular formula is C18H25BrFN5. The van der Waals surface area contributed by atoms with Gasteiger partial charge in [-0.25, -0.2) is 9.38 Å². The Kier molecular flexibility index (Phi) is 7.43. The van der Waals surface area contributed by atoms with Crippen molar-refractivity contribution < 1.29 is 4.39 Å². The summed E-state index contributed by atoms with van der Waals surface area (Å²) in [6.45, 7) is 8.95. The Labute approximate surface area is 156 Å². The lowest BCUT2D eigenvalue weighted by atomic mass is 10.2. The molecule has 0 aliphatic heterocycles. The van der Waals surface area contributed by atoms with Gasteiger partial charge in [-0.15, -0.1) is 0 Å². The van der Waals surface area contributed by atoms with Crippen molar-refractivity contribution in [3.8, 4) is 0 Å². The van der Waals surface area contributed by atoms with E-state index in [1.165, 1.54) is 11.8 Å². The lowest BCUT2D eigenvalue weighted by molar-refractivity contribution is 0.555. The maximum Gasteiger partial charge on any atom is 0.191 e. The van der Waals surface area contributed by atoms with Crippen LogP contribution in [0.3, 0.4) is 0 Å². The van der Waals surface area contributed by atoms with Gasteiger partial charge in [0.2, 0.25) is 0 Å². The predicted molar refractivity (Wildman–Crippen MR) is 103 cm³/mol. The molecule has 0 fully saturated rings. The molecule has 0 aliphatic rings. The second-order valence-corrected chi connectivity index (χ2v) is 6.73. The molecule has 0 unspecified atom stereocenters. The molecule has 1 aromatic carbocycles. The maximum atomic E-state index is 13.6. The highest BCUT2D eigenvalue weighted by atomic mass is 79.9. The molecule has 0 radical (unpaired) electrons. The molecule has 25 heavy (non-hydrogen) atoms. The molecule has 2 N–H and O–H groups in total. The van der Waals surface area contributed by atoms with Crippen molar-refractivity contribution >= 4 is 21.9 Å². The van der Waals surface area contributed by atoms with Gasteiger partial charge < -0.3 is 10.6 Å². The maximum absolute atomic E-state index is 13.6. The zero-order valence-corrected chi connectivity index (χ0v) is 16.5. The number of aliphatic imine (C=N–C) groups is 1. The Morgan fingerprint density at radius 3 is 2.72 bits per heavy atom. The van der Waals surface area contributed by atoms with Gasteiger partial charge in [0.25, 0.3) is 0 Å². The van der Waals surface area contributed by atoms with Crippen LogP contribution in [-0.2, 0) is 13.1 Å². The number of nitrogens with zero attached hydrogens (tertiary/aromatic N) is 3. The average molecular weight is 410 g/mol. The first kappa shape index (κ1) is 19.4. The lowest BCUT2D eigenvalue weighted by Gasteiger charge is -2.12. The third kappa shape index (κ3) is 6.16. The Balaban J connectivity index is 1.84. The second-order valence-electron chi connectivity index (χ2n) is 5.87. The Bertz CT molecular complexity index is 726. The lowest BCUT2D eigenvalue weighted by Crippen LogP contribution is -2.38. The number of hydrogen-bond acceptors (Lipinski definition) is 2. The number of rotatable bonds is 7. The van der Waals surface area contributed by atoms with E-state index in [0.717, 1.165) is 43.3 Å². The fourth-order valence-corrected chi connectivity index (χ4v) is 2.73. The van der Waals surface area contributed by atoms with Crippen molar-refractivity contribution in [3.63, 3.8) is 0 Å². The number of hydrogen-bond donors (Lipinski definition) is 2. The highest BCUT2D eigenvalue weighted by molar-refractivity contribution is 9.10. The van der Waals surface area contributed by atoms with E-state index in [1.807, 2.05) is 24.6 Å². The van der Waals surface area contributed by atoms with Gasteiger partial charge in [-0.3, -0.25) is 4.68 Å². The topological polar surface area (TPSA) is 54.2 Å². The number of aryl methyl sites for hydroxylation is 3. The molecule has 0 amide bonds. The standard InChI is InChI=1S/C18H25BrFN5/c1-4-21-18(23-12-15-6-7-16(19)17(20)11-15)22-8-5-9-25-14(3)10-13(2)24-25/h6-7,10-11H,4-5,8-9,12H2,1-3H3,(H2,21,22,23). The van der Waals surface area contributed by atoms with Gasteiger partial charge in [0.15, 0.2) is 5.96 Å². The molecule has 1 heterocycles. The van der Waals surface area contributed by atoms with Crippen LogP contribution in [0.2, 0.25) is 0 Å². The molecule has 136 valence electrons. The van der Waals surface area contributed by atoms with Crippen molar-refractivity contribution in [1.82, 2.24) is 20.4 Å². The molecule has 2 aromatic rings. The fourth-order valence-electron chi connectivity index (χ4n) is 2.49.